The molecule has 1 aromatic heterocycles. The number of rotatable bonds is 19. The Kier molecular flexibility index (Phi) is 14.8. The number of halogens is 1. The van der Waals surface area contributed by atoms with E-state index < -0.39 is 0 Å². The number of amides is 2. The summed E-state index contributed by atoms with van der Waals surface area (Å²) in [4.78, 5) is 27.6. The van der Waals surface area contributed by atoms with Crippen molar-refractivity contribution in [3.8, 4) is 22.6 Å². The molecule has 2 amide bonds. The monoisotopic (exact) mass is 802 g/mol. The van der Waals surface area contributed by atoms with Gasteiger partial charge in [0.15, 0.2) is 0 Å². The van der Waals surface area contributed by atoms with Gasteiger partial charge in [0.05, 0.1) is 10.7 Å². The van der Waals surface area contributed by atoms with Gasteiger partial charge in [0.25, 0.3) is 0 Å². The van der Waals surface area contributed by atoms with Gasteiger partial charge >= 0.3 is 0 Å². The molecule has 5 N–H and O–H groups in total. The molecule has 2 fully saturated rings. The van der Waals surface area contributed by atoms with Crippen LogP contribution in [0.3, 0.4) is 0 Å². The fourth-order valence-electron chi connectivity index (χ4n) is 7.37. The minimum Gasteiger partial charge on any atom is -0.488 e. The van der Waals surface area contributed by atoms with Gasteiger partial charge in [-0.15, -0.1) is 0 Å². The van der Waals surface area contributed by atoms with Crippen molar-refractivity contribution in [1.82, 2.24) is 26.3 Å². The van der Waals surface area contributed by atoms with E-state index in [1.54, 1.807) is 12.4 Å². The maximum absolute atomic E-state index is 11.7. The summed E-state index contributed by atoms with van der Waals surface area (Å²) in [6, 6.07) is 18.7. The molecule has 2 saturated heterocycles. The zero-order valence-electron chi connectivity index (χ0n) is 34.0. The lowest BCUT2D eigenvalue weighted by molar-refractivity contribution is -0.120. The third-order valence-electron chi connectivity index (χ3n) is 10.9. The molecule has 0 radical (unpaired) electrons. The molecule has 6 rings (SSSR count). The van der Waals surface area contributed by atoms with Gasteiger partial charge in [0.2, 0.25) is 11.8 Å². The predicted molar refractivity (Wildman–Crippen MR) is 234 cm³/mol. The van der Waals surface area contributed by atoms with Crippen molar-refractivity contribution in [2.45, 2.75) is 78.3 Å². The van der Waals surface area contributed by atoms with E-state index in [-0.39, 0.29) is 23.9 Å². The lowest BCUT2D eigenvalue weighted by atomic mass is 9.89. The Hall–Kier alpha value is -5.42. The highest BCUT2D eigenvalue weighted by atomic mass is 35.5. The molecule has 0 aliphatic carbocycles. The first-order valence-electron chi connectivity index (χ1n) is 20.0. The number of hydrogen-bond donors (Lipinski definition) is 5. The number of nitrogens with zero attached hydrogens (tertiary/aromatic N) is 1. The van der Waals surface area contributed by atoms with Crippen LogP contribution in [0.25, 0.3) is 16.7 Å². The molecule has 3 aromatic carbocycles. The third-order valence-corrected chi connectivity index (χ3v) is 11.2. The van der Waals surface area contributed by atoms with Crippen molar-refractivity contribution in [3.63, 3.8) is 0 Å². The fourth-order valence-corrected chi connectivity index (χ4v) is 7.61. The molecule has 58 heavy (non-hydrogen) atoms. The highest BCUT2D eigenvalue weighted by molar-refractivity contribution is 6.32. The van der Waals surface area contributed by atoms with Gasteiger partial charge in [-0.1, -0.05) is 72.8 Å². The molecule has 0 bridgehead atoms. The number of benzene rings is 3. The van der Waals surface area contributed by atoms with Gasteiger partial charge in [-0.05, 0) is 90.3 Å². The second-order valence-corrected chi connectivity index (χ2v) is 15.4. The molecule has 11 heteroatoms. The van der Waals surface area contributed by atoms with Crippen LogP contribution in [0.4, 0.5) is 5.69 Å². The van der Waals surface area contributed by atoms with Crippen LogP contribution in [-0.4, -0.2) is 55.6 Å². The van der Waals surface area contributed by atoms with Crippen molar-refractivity contribution in [2.24, 2.45) is 0 Å². The fraction of sp³-hybridized carbons (Fsp3) is 0.340. The molecule has 0 unspecified atom stereocenters. The first-order chi connectivity index (χ1) is 28.1. The van der Waals surface area contributed by atoms with Crippen molar-refractivity contribution in [2.75, 3.05) is 32.0 Å². The molecule has 0 spiro atoms. The molecule has 10 nitrogen and oxygen atoms in total. The zero-order valence-corrected chi connectivity index (χ0v) is 34.7. The van der Waals surface area contributed by atoms with Crippen LogP contribution in [0.5, 0.6) is 11.5 Å². The second-order valence-electron chi connectivity index (χ2n) is 15.0. The summed E-state index contributed by atoms with van der Waals surface area (Å²) in [7, 11) is 1.86. The van der Waals surface area contributed by atoms with Crippen LogP contribution in [0, 0.1) is 13.8 Å². The normalized spacial score (nSPS) is 16.7. The third kappa shape index (κ3) is 11.2. The van der Waals surface area contributed by atoms with Gasteiger partial charge in [-0.25, -0.2) is 0 Å². The van der Waals surface area contributed by atoms with E-state index in [0.717, 1.165) is 80.7 Å². The lowest BCUT2D eigenvalue weighted by Gasteiger charge is -2.19. The first kappa shape index (κ1) is 42.2. The number of allylic oxidation sites excluding steroid dienone is 3. The molecule has 4 aromatic rings. The number of pyridine rings is 1. The van der Waals surface area contributed by atoms with Crippen LogP contribution in [0.1, 0.15) is 66.0 Å². The summed E-state index contributed by atoms with van der Waals surface area (Å²) in [6.07, 6.45) is 12.7. The number of ether oxygens (including phenoxy) is 2. The van der Waals surface area contributed by atoms with Crippen molar-refractivity contribution in [3.05, 3.63) is 136 Å². The quantitative estimate of drug-likeness (QED) is 0.0605. The number of carbonyl (C=O) groups excluding carboxylic acids is 2. The minimum absolute atomic E-state index is 0.0916. The molecule has 3 heterocycles. The predicted octanol–water partition coefficient (Wildman–Crippen LogP) is 7.97. The summed E-state index contributed by atoms with van der Waals surface area (Å²) in [6.45, 7) is 14.0. The van der Waals surface area contributed by atoms with E-state index in [0.29, 0.717) is 62.2 Å². The van der Waals surface area contributed by atoms with E-state index in [2.05, 4.69) is 107 Å². The van der Waals surface area contributed by atoms with Gasteiger partial charge in [-0.3, -0.25) is 14.6 Å². The molecule has 304 valence electrons. The highest BCUT2D eigenvalue weighted by Crippen LogP contribution is 2.36. The number of anilines is 1. The average Bonchev–Trinajstić information content (AvgIpc) is 3.85. The molecule has 0 saturated carbocycles. The van der Waals surface area contributed by atoms with E-state index in [1.807, 2.05) is 32.2 Å². The molecular formula is C47H55ClN6O4. The van der Waals surface area contributed by atoms with Crippen LogP contribution >= 0.6 is 11.6 Å². The summed E-state index contributed by atoms with van der Waals surface area (Å²) in [5.41, 5.74) is 11.5. The summed E-state index contributed by atoms with van der Waals surface area (Å²) in [5.74, 6) is 1.40. The van der Waals surface area contributed by atoms with E-state index in [4.69, 9.17) is 21.1 Å². The van der Waals surface area contributed by atoms with Crippen LogP contribution in [-0.2, 0) is 29.3 Å². The Labute approximate surface area is 347 Å². The lowest BCUT2D eigenvalue weighted by Crippen LogP contribution is -2.36. The SMILES string of the molecule is C=C(/C=C\C(=C/C)CNC[C@@H]1CCC(=O)N1)c1cccc(-c2cccc(COc3cc(OCc4cncc(NC)c4)c(CNC[C@@H]4CCC(=O)N4)cc3Cl)c2C)c1C. The van der Waals surface area contributed by atoms with Crippen molar-refractivity contribution < 1.29 is 19.1 Å². The standard InChI is InChI=1S/C47H55ClN6O4/c1-6-33(22-50-25-37-15-17-46(55)53-37)14-13-30(2)40-10-8-12-42(32(40)4)41-11-7-9-35(31(41)3)29-58-45-21-44(57-28-34-19-39(49-5)27-51-23-34)36(20-43(45)48)24-52-26-38-16-18-47(56)54-38/h6-14,19-21,23,27,37-38,49-50,52H,2,15-18,22,24-26,28-29H2,1,3-5H3,(H,53,55)(H,54,56)/b14-13-,33-6+/t37-,38-/m0/s1. The largest absolute Gasteiger partial charge is 0.488 e. The zero-order chi connectivity index (χ0) is 41.0. The van der Waals surface area contributed by atoms with E-state index in [9.17, 15) is 9.59 Å². The van der Waals surface area contributed by atoms with Crippen LogP contribution in [0.15, 0.2) is 97.4 Å². The molecule has 2 aliphatic rings. The molecular weight excluding hydrogens is 748 g/mol. The number of nitrogens with one attached hydrogen (secondary N) is 5. The second kappa shape index (κ2) is 20.3. The van der Waals surface area contributed by atoms with Crippen molar-refractivity contribution in [1.29, 1.82) is 0 Å². The van der Waals surface area contributed by atoms with Crippen LogP contribution in [0.2, 0.25) is 5.02 Å². The summed E-state index contributed by atoms with van der Waals surface area (Å²) >= 11 is 6.88. The van der Waals surface area contributed by atoms with Gasteiger partial charge in [0.1, 0.15) is 24.7 Å². The van der Waals surface area contributed by atoms with Crippen molar-refractivity contribution >= 4 is 34.7 Å². The van der Waals surface area contributed by atoms with E-state index >= 15 is 0 Å². The average molecular weight is 803 g/mol. The number of carbonyl (C=O) groups is 2. The van der Waals surface area contributed by atoms with Gasteiger partial charge < -0.3 is 36.1 Å². The number of hydrogen-bond acceptors (Lipinski definition) is 8. The van der Waals surface area contributed by atoms with Crippen LogP contribution < -0.4 is 36.1 Å². The Bertz CT molecular complexity index is 2180. The minimum atomic E-state index is 0.0916. The maximum atomic E-state index is 11.7. The highest BCUT2D eigenvalue weighted by Gasteiger charge is 2.22. The molecule has 2 aliphatic heterocycles. The topological polar surface area (TPSA) is 126 Å². The Morgan fingerprint density at radius 3 is 2.24 bits per heavy atom. The van der Waals surface area contributed by atoms with Gasteiger partial charge in [-0.2, -0.15) is 0 Å². The smallest absolute Gasteiger partial charge is 0.220 e. The Morgan fingerprint density at radius 2 is 1.55 bits per heavy atom. The van der Waals surface area contributed by atoms with E-state index in [1.165, 1.54) is 0 Å². The Balaban J connectivity index is 1.14. The number of aromatic nitrogens is 1. The Morgan fingerprint density at radius 1 is 0.862 bits per heavy atom. The molecule has 2 atom stereocenters. The first-order valence-corrected chi connectivity index (χ1v) is 20.4. The summed E-state index contributed by atoms with van der Waals surface area (Å²) in [5, 5.41) is 16.6. The maximum Gasteiger partial charge on any atom is 0.220 e. The summed E-state index contributed by atoms with van der Waals surface area (Å²) < 4.78 is 12.8. The van der Waals surface area contributed by atoms with Gasteiger partial charge in [0, 0.05) is 87.7 Å².